The van der Waals surface area contributed by atoms with Crippen molar-refractivity contribution >= 4 is 58.2 Å². The van der Waals surface area contributed by atoms with Gasteiger partial charge in [-0.1, -0.05) is 97.1 Å². The summed E-state index contributed by atoms with van der Waals surface area (Å²) >= 11 is 6.50. The second-order valence-electron chi connectivity index (χ2n) is 9.79. The summed E-state index contributed by atoms with van der Waals surface area (Å²) in [5.41, 5.74) is 6.45. The van der Waals surface area contributed by atoms with Crippen LogP contribution in [0.3, 0.4) is 0 Å². The maximum atomic E-state index is 5.02. The van der Waals surface area contributed by atoms with Crippen LogP contribution in [0, 0.1) is 0 Å². The largest absolute Gasteiger partial charge is 0.324 e. The molecule has 0 aliphatic carbocycles. The van der Waals surface area contributed by atoms with Gasteiger partial charge in [-0.3, -0.25) is 0 Å². The number of H-pyrrole nitrogens is 2. The molecule has 0 saturated carbocycles. The predicted molar refractivity (Wildman–Crippen MR) is 165 cm³/mol. The molecule has 42 heavy (non-hydrogen) atoms. The molecule has 0 fully saturated rings. The van der Waals surface area contributed by atoms with Gasteiger partial charge < -0.3 is 9.97 Å². The molecule has 8 bridgehead atoms. The number of rotatable bonds is 0. The van der Waals surface area contributed by atoms with E-state index in [9.17, 15) is 0 Å². The molecule has 2 aliphatic heterocycles. The number of nitrogens with zero attached hydrogens (tertiary/aromatic N) is 6. The molecule has 8 nitrogen and oxygen atoms in total. The Morgan fingerprint density at radius 1 is 0.357 bits per heavy atom. The molecule has 0 unspecified atom stereocenters. The molecule has 9 rings (SSSR count). The fraction of sp³-hybridized carbons (Fsp3) is 0. The monoisotopic (exact) mass is 656 g/mol. The molecule has 3 aromatic heterocycles. The van der Waals surface area contributed by atoms with Crippen LogP contribution in [-0.4, -0.2) is 39.9 Å². The zero-order valence-corrected chi connectivity index (χ0v) is 24.1. The molecule has 0 atom stereocenters. The van der Waals surface area contributed by atoms with Crippen LogP contribution in [0.15, 0.2) is 97.1 Å². The molecule has 2 aliphatic rings. The molecule has 0 saturated heterocycles. The molecular formula is C32H18BrCuN8. The van der Waals surface area contributed by atoms with Gasteiger partial charge in [0.2, 0.25) is 0 Å². The van der Waals surface area contributed by atoms with Gasteiger partial charge >= 0.3 is 28.3 Å². The summed E-state index contributed by atoms with van der Waals surface area (Å²) in [5.74, 6) is 2.39. The second-order valence-corrected chi connectivity index (χ2v) is 9.79. The van der Waals surface area contributed by atoms with Crippen molar-refractivity contribution in [3.05, 3.63) is 97.1 Å². The summed E-state index contributed by atoms with van der Waals surface area (Å²) in [4.78, 5) is 36.8. The van der Waals surface area contributed by atoms with Crippen molar-refractivity contribution < 1.29 is 14.2 Å². The van der Waals surface area contributed by atoms with E-state index in [1.165, 1.54) is 0 Å². The van der Waals surface area contributed by atoms with E-state index in [0.29, 0.717) is 45.9 Å². The van der Waals surface area contributed by atoms with Gasteiger partial charge in [-0.15, -0.1) is 0 Å². The molecule has 204 valence electrons. The van der Waals surface area contributed by atoms with E-state index in [4.69, 9.17) is 29.9 Å². The van der Waals surface area contributed by atoms with Crippen LogP contribution in [0.4, 0.5) is 0 Å². The normalized spacial score (nSPS) is 11.6. The van der Waals surface area contributed by atoms with Crippen LogP contribution in [0.1, 0.15) is 0 Å². The number of aromatic amines is 2. The van der Waals surface area contributed by atoms with Crippen LogP contribution in [-0.2, 0) is 14.2 Å². The summed E-state index contributed by atoms with van der Waals surface area (Å²) < 4.78 is 0. The van der Waals surface area contributed by atoms with Gasteiger partial charge in [0.25, 0.3) is 0 Å². The van der Waals surface area contributed by atoms with Gasteiger partial charge in [0, 0.05) is 43.8 Å². The van der Waals surface area contributed by atoms with Crippen molar-refractivity contribution in [2.75, 3.05) is 0 Å². The SMILES string of the molecule is [Cu][Br].c1ccc2c(c1)-c1nc-2nc2[nH]c(nc3nc(nc4[nH]c(n1)c1ccccc41)-c1ccccc1-3)c1ccccc21. The minimum absolute atomic E-state index is 0.597. The summed E-state index contributed by atoms with van der Waals surface area (Å²) in [6.07, 6.45) is 0. The Kier molecular flexibility index (Phi) is 5.92. The number of hydrogen-bond donors (Lipinski definition) is 2. The first kappa shape index (κ1) is 25.0. The van der Waals surface area contributed by atoms with E-state index < -0.39 is 0 Å². The Morgan fingerprint density at radius 2 is 0.595 bits per heavy atom. The van der Waals surface area contributed by atoms with Crippen molar-refractivity contribution in [1.29, 1.82) is 0 Å². The van der Waals surface area contributed by atoms with Crippen molar-refractivity contribution in [2.24, 2.45) is 0 Å². The first-order chi connectivity index (χ1) is 20.8. The van der Waals surface area contributed by atoms with Crippen LogP contribution >= 0.6 is 14.1 Å². The van der Waals surface area contributed by atoms with Crippen LogP contribution in [0.2, 0.25) is 0 Å². The number of hydrogen-bond acceptors (Lipinski definition) is 6. The summed E-state index contributed by atoms with van der Waals surface area (Å²) in [7, 11) is 0. The quantitative estimate of drug-likeness (QED) is 0.162. The van der Waals surface area contributed by atoms with E-state index >= 15 is 0 Å². The van der Waals surface area contributed by atoms with E-state index in [0.717, 1.165) is 43.8 Å². The molecule has 2 N–H and O–H groups in total. The molecule has 0 amide bonds. The Morgan fingerprint density at radius 3 is 0.857 bits per heavy atom. The van der Waals surface area contributed by atoms with Gasteiger partial charge in [0.15, 0.2) is 23.3 Å². The Bertz CT molecular complexity index is 2040. The van der Waals surface area contributed by atoms with E-state index in [1.807, 2.05) is 97.1 Å². The van der Waals surface area contributed by atoms with Crippen molar-refractivity contribution in [2.45, 2.75) is 0 Å². The van der Waals surface area contributed by atoms with Crippen molar-refractivity contribution in [3.63, 3.8) is 0 Å². The summed E-state index contributed by atoms with van der Waals surface area (Å²) in [6.45, 7) is 0. The predicted octanol–water partition coefficient (Wildman–Crippen LogP) is 7.71. The standard InChI is InChI=1S/C32H18N8.BrH.Cu/c1-2-10-18-17(9-1)25-33-26(18)38-28-21-13-5-6-14-22(21)30(35-28)40-32-24-16-8-7-15-23(24)31(36-32)39-29-20-12-4-3-11-19(20)27(34-29)37-25;;/h1-16H,(H2,33,34,35,36,37,38,39,40);1H;/q;;+1/p-1. The van der Waals surface area contributed by atoms with Crippen LogP contribution in [0.5, 0.6) is 0 Å². The zero-order valence-electron chi connectivity index (χ0n) is 21.6. The maximum Gasteiger partial charge on any atom is 0.164 e. The fourth-order valence-electron chi connectivity index (χ4n) is 5.59. The summed E-state index contributed by atoms with van der Waals surface area (Å²) in [6, 6.07) is 32.2. The average molecular weight is 658 g/mol. The fourth-order valence-corrected chi connectivity index (χ4v) is 5.59. The van der Waals surface area contributed by atoms with Crippen LogP contribution < -0.4 is 0 Å². The Labute approximate surface area is 253 Å². The third kappa shape index (κ3) is 3.88. The van der Waals surface area contributed by atoms with Gasteiger partial charge in [-0.25, -0.2) is 29.9 Å². The zero-order chi connectivity index (χ0) is 28.2. The minimum atomic E-state index is 0.597. The van der Waals surface area contributed by atoms with Crippen LogP contribution in [0.25, 0.3) is 89.7 Å². The molecule has 4 aromatic carbocycles. The molecular weight excluding hydrogens is 640 g/mol. The van der Waals surface area contributed by atoms with E-state index in [2.05, 4.69) is 38.3 Å². The first-order valence-corrected chi connectivity index (χ1v) is 15.4. The number of aromatic nitrogens is 8. The number of halogens is 1. The third-order valence-electron chi connectivity index (χ3n) is 7.46. The van der Waals surface area contributed by atoms with E-state index in [1.54, 1.807) is 0 Å². The second kappa shape index (κ2) is 9.95. The average Bonchev–Trinajstić information content (AvgIpc) is 3.78. The molecule has 0 radical (unpaired) electrons. The van der Waals surface area contributed by atoms with E-state index in [-0.39, 0.29) is 0 Å². The molecule has 7 aromatic rings. The number of nitrogens with one attached hydrogen (secondary N) is 2. The molecule has 10 heteroatoms. The van der Waals surface area contributed by atoms with Gasteiger partial charge in [-0.2, -0.15) is 0 Å². The van der Waals surface area contributed by atoms with Gasteiger partial charge in [0.05, 0.1) is 0 Å². The Hall–Kier alpha value is -4.76. The number of fused-ring (bicyclic) bond motifs is 20. The van der Waals surface area contributed by atoms with Crippen molar-refractivity contribution in [3.8, 4) is 45.6 Å². The number of benzene rings is 4. The summed E-state index contributed by atoms with van der Waals surface area (Å²) in [5, 5.41) is 3.82. The Balaban J connectivity index is 0.00000131. The van der Waals surface area contributed by atoms with Crippen molar-refractivity contribution in [1.82, 2.24) is 39.9 Å². The van der Waals surface area contributed by atoms with Gasteiger partial charge in [-0.05, 0) is 0 Å². The molecule has 5 heterocycles. The maximum absolute atomic E-state index is 5.02. The topological polar surface area (TPSA) is 109 Å². The molecule has 0 spiro atoms. The first-order valence-electron chi connectivity index (χ1n) is 13.1. The smallest absolute Gasteiger partial charge is 0.164 e. The van der Waals surface area contributed by atoms with Gasteiger partial charge in [0.1, 0.15) is 22.6 Å². The third-order valence-corrected chi connectivity index (χ3v) is 7.46. The minimum Gasteiger partial charge on any atom is -0.324 e.